The SMILES string of the molecule is CC(C)(C)OC(=O)N1CCN(c2ccc(-c3cc4c(Cl)ncnc4n3COCC[Si](C)(C)C)cn2)CC1. The summed E-state index contributed by atoms with van der Waals surface area (Å²) in [6.07, 6.45) is 3.08. The molecule has 0 saturated carbocycles. The number of nitrogens with zero attached hydrogens (tertiary/aromatic N) is 6. The van der Waals surface area contributed by atoms with Crippen LogP contribution in [-0.4, -0.2) is 77.0 Å². The molecule has 11 heteroatoms. The number of anilines is 1. The molecular formula is C26H37ClN6O3Si. The first-order valence-corrected chi connectivity index (χ1v) is 16.8. The number of carbonyl (C=O) groups excluding carboxylic acids is 1. The zero-order valence-electron chi connectivity index (χ0n) is 22.6. The summed E-state index contributed by atoms with van der Waals surface area (Å²) in [7, 11) is -1.19. The molecule has 3 aromatic rings. The van der Waals surface area contributed by atoms with E-state index in [1.807, 2.05) is 43.7 Å². The van der Waals surface area contributed by atoms with Crippen molar-refractivity contribution in [2.45, 2.75) is 58.8 Å². The lowest BCUT2D eigenvalue weighted by Crippen LogP contribution is -2.50. The van der Waals surface area contributed by atoms with E-state index >= 15 is 0 Å². The summed E-state index contributed by atoms with van der Waals surface area (Å²) in [6.45, 7) is 16.3. The van der Waals surface area contributed by atoms with Gasteiger partial charge in [0.15, 0.2) is 0 Å². The first-order valence-electron chi connectivity index (χ1n) is 12.7. The molecule has 0 N–H and O–H groups in total. The van der Waals surface area contributed by atoms with Crippen molar-refractivity contribution in [3.63, 3.8) is 0 Å². The molecule has 200 valence electrons. The second-order valence-electron chi connectivity index (χ2n) is 11.6. The van der Waals surface area contributed by atoms with Crippen LogP contribution in [0, 0.1) is 0 Å². The molecule has 0 atom stereocenters. The van der Waals surface area contributed by atoms with Gasteiger partial charge in [-0.25, -0.2) is 19.7 Å². The number of halogens is 1. The summed E-state index contributed by atoms with van der Waals surface area (Å²) in [6, 6.07) is 7.15. The van der Waals surface area contributed by atoms with Crippen LogP contribution in [0.1, 0.15) is 20.8 Å². The number of pyridine rings is 1. The largest absolute Gasteiger partial charge is 0.444 e. The fourth-order valence-corrected chi connectivity index (χ4v) is 5.05. The first-order chi connectivity index (χ1) is 17.4. The Morgan fingerprint density at radius 2 is 1.81 bits per heavy atom. The van der Waals surface area contributed by atoms with Crippen LogP contribution in [0.25, 0.3) is 22.3 Å². The number of carbonyl (C=O) groups is 1. The minimum absolute atomic E-state index is 0.267. The Labute approximate surface area is 224 Å². The van der Waals surface area contributed by atoms with E-state index in [1.54, 1.807) is 4.90 Å². The average Bonchev–Trinajstić information content (AvgIpc) is 3.20. The molecule has 1 fully saturated rings. The standard InChI is InChI=1S/C26H37ClN6O3Si/c1-26(2,3)36-25(34)32-11-9-31(10-12-32)22-8-7-19(16-28-22)21-15-20-23(27)29-17-30-24(20)33(21)18-35-13-14-37(4,5)6/h7-8,15-17H,9-14,18H2,1-6H3. The van der Waals surface area contributed by atoms with Gasteiger partial charge in [0.2, 0.25) is 0 Å². The van der Waals surface area contributed by atoms with Gasteiger partial charge in [-0.05, 0) is 45.0 Å². The summed E-state index contributed by atoms with van der Waals surface area (Å²) in [5.41, 5.74) is 2.12. The van der Waals surface area contributed by atoms with Gasteiger partial charge in [0.1, 0.15) is 35.3 Å². The van der Waals surface area contributed by atoms with E-state index < -0.39 is 13.7 Å². The second-order valence-corrected chi connectivity index (χ2v) is 17.5. The number of fused-ring (bicyclic) bond motifs is 1. The van der Waals surface area contributed by atoms with Gasteiger partial charge in [-0.3, -0.25) is 0 Å². The van der Waals surface area contributed by atoms with Crippen LogP contribution in [0.4, 0.5) is 10.6 Å². The van der Waals surface area contributed by atoms with E-state index in [1.165, 1.54) is 6.33 Å². The van der Waals surface area contributed by atoms with Crippen LogP contribution >= 0.6 is 11.6 Å². The van der Waals surface area contributed by atoms with E-state index in [2.05, 4.69) is 40.6 Å². The van der Waals surface area contributed by atoms with Gasteiger partial charge in [0.05, 0.1) is 11.1 Å². The van der Waals surface area contributed by atoms with Crippen molar-refractivity contribution in [1.29, 1.82) is 0 Å². The molecule has 3 aromatic heterocycles. The Kier molecular flexibility index (Phi) is 8.10. The zero-order valence-corrected chi connectivity index (χ0v) is 24.4. The molecule has 1 saturated heterocycles. The van der Waals surface area contributed by atoms with Gasteiger partial charge < -0.3 is 23.8 Å². The molecular weight excluding hydrogens is 508 g/mol. The fraction of sp³-hybridized carbons (Fsp3) is 0.538. The fourth-order valence-electron chi connectivity index (χ4n) is 4.11. The topological polar surface area (TPSA) is 85.6 Å². The van der Waals surface area contributed by atoms with Crippen molar-refractivity contribution in [3.05, 3.63) is 35.9 Å². The van der Waals surface area contributed by atoms with E-state index in [0.29, 0.717) is 44.7 Å². The number of hydrogen-bond acceptors (Lipinski definition) is 7. The van der Waals surface area contributed by atoms with Crippen LogP contribution in [0.2, 0.25) is 30.8 Å². The predicted molar refractivity (Wildman–Crippen MR) is 150 cm³/mol. The van der Waals surface area contributed by atoms with Gasteiger partial charge in [0, 0.05) is 52.6 Å². The molecule has 9 nitrogen and oxygen atoms in total. The molecule has 37 heavy (non-hydrogen) atoms. The van der Waals surface area contributed by atoms with Gasteiger partial charge in [-0.1, -0.05) is 31.2 Å². The number of aromatic nitrogens is 4. The van der Waals surface area contributed by atoms with Crippen molar-refractivity contribution in [2.24, 2.45) is 0 Å². The van der Waals surface area contributed by atoms with E-state index in [4.69, 9.17) is 26.1 Å². The van der Waals surface area contributed by atoms with Crippen LogP contribution in [0.5, 0.6) is 0 Å². The maximum absolute atomic E-state index is 12.4. The number of hydrogen-bond donors (Lipinski definition) is 0. The second kappa shape index (κ2) is 11.0. The third-order valence-electron chi connectivity index (χ3n) is 6.16. The Morgan fingerprint density at radius 1 is 1.08 bits per heavy atom. The predicted octanol–water partition coefficient (Wildman–Crippen LogP) is 5.52. The summed E-state index contributed by atoms with van der Waals surface area (Å²) in [5.74, 6) is 0.874. The smallest absolute Gasteiger partial charge is 0.410 e. The highest BCUT2D eigenvalue weighted by Gasteiger charge is 2.26. The molecule has 0 radical (unpaired) electrons. The van der Waals surface area contributed by atoms with E-state index in [-0.39, 0.29) is 6.09 Å². The highest BCUT2D eigenvalue weighted by atomic mass is 35.5. The molecule has 1 amide bonds. The van der Waals surface area contributed by atoms with Crippen LogP contribution in [0.15, 0.2) is 30.7 Å². The van der Waals surface area contributed by atoms with Crippen LogP contribution < -0.4 is 4.90 Å². The lowest BCUT2D eigenvalue weighted by atomic mass is 10.2. The molecule has 0 aliphatic carbocycles. The third kappa shape index (κ3) is 7.00. The third-order valence-corrected chi connectivity index (χ3v) is 8.16. The molecule has 0 spiro atoms. The van der Waals surface area contributed by atoms with Crippen molar-refractivity contribution < 1.29 is 14.3 Å². The molecule has 1 aliphatic heterocycles. The molecule has 0 bridgehead atoms. The summed E-state index contributed by atoms with van der Waals surface area (Å²) >= 11 is 6.39. The zero-order chi connectivity index (χ0) is 26.8. The normalized spacial score (nSPS) is 14.9. The number of ether oxygens (including phenoxy) is 2. The van der Waals surface area contributed by atoms with Gasteiger partial charge in [-0.2, -0.15) is 0 Å². The van der Waals surface area contributed by atoms with Crippen molar-refractivity contribution in [1.82, 2.24) is 24.4 Å². The number of piperazine rings is 1. The van der Waals surface area contributed by atoms with Crippen molar-refractivity contribution in [3.8, 4) is 11.3 Å². The average molecular weight is 545 g/mol. The molecule has 1 aliphatic rings. The Hall–Kier alpha value is -2.69. The molecule has 4 heterocycles. The monoisotopic (exact) mass is 544 g/mol. The van der Waals surface area contributed by atoms with E-state index in [9.17, 15) is 4.79 Å². The summed E-state index contributed by atoms with van der Waals surface area (Å²) < 4.78 is 13.6. The Bertz CT molecular complexity index is 1230. The number of rotatable bonds is 7. The Morgan fingerprint density at radius 3 is 2.43 bits per heavy atom. The minimum atomic E-state index is -1.19. The minimum Gasteiger partial charge on any atom is -0.444 e. The van der Waals surface area contributed by atoms with Gasteiger partial charge in [0.25, 0.3) is 0 Å². The Balaban J connectivity index is 1.48. The maximum atomic E-state index is 12.4. The molecule has 0 aromatic carbocycles. The summed E-state index contributed by atoms with van der Waals surface area (Å²) in [4.78, 5) is 29.7. The van der Waals surface area contributed by atoms with Gasteiger partial charge in [-0.15, -0.1) is 0 Å². The molecule has 4 rings (SSSR count). The van der Waals surface area contributed by atoms with Crippen LogP contribution in [-0.2, 0) is 16.2 Å². The first kappa shape index (κ1) is 27.3. The quantitative estimate of drug-likeness (QED) is 0.220. The van der Waals surface area contributed by atoms with Crippen LogP contribution in [0.3, 0.4) is 0 Å². The van der Waals surface area contributed by atoms with Crippen molar-refractivity contribution >= 4 is 42.6 Å². The number of amides is 1. The highest BCUT2D eigenvalue weighted by molar-refractivity contribution is 6.76. The van der Waals surface area contributed by atoms with Gasteiger partial charge >= 0.3 is 6.09 Å². The summed E-state index contributed by atoms with van der Waals surface area (Å²) in [5, 5.41) is 1.20. The van der Waals surface area contributed by atoms with Crippen molar-refractivity contribution in [2.75, 3.05) is 37.7 Å². The lowest BCUT2D eigenvalue weighted by molar-refractivity contribution is 0.0240. The highest BCUT2D eigenvalue weighted by Crippen LogP contribution is 2.31. The molecule has 0 unspecified atom stereocenters. The van der Waals surface area contributed by atoms with E-state index in [0.717, 1.165) is 34.2 Å². The maximum Gasteiger partial charge on any atom is 0.410 e. The lowest BCUT2D eigenvalue weighted by Gasteiger charge is -2.36.